The normalized spacial score (nSPS) is 16.8. The van der Waals surface area contributed by atoms with E-state index >= 15 is 0 Å². The van der Waals surface area contributed by atoms with Crippen molar-refractivity contribution < 1.29 is 18.3 Å². The summed E-state index contributed by atoms with van der Waals surface area (Å²) in [6.07, 6.45) is 7.08. The minimum atomic E-state index is -2.71. The molecule has 0 aliphatic heterocycles. The van der Waals surface area contributed by atoms with Crippen LogP contribution in [0.5, 0.6) is 5.75 Å². The first kappa shape index (κ1) is 19.2. The van der Waals surface area contributed by atoms with Gasteiger partial charge in [-0.1, -0.05) is 12.5 Å². The Hall–Kier alpha value is -2.83. The van der Waals surface area contributed by atoms with Crippen LogP contribution in [0.2, 0.25) is 0 Å². The van der Waals surface area contributed by atoms with Crippen LogP contribution in [0.4, 0.5) is 8.78 Å². The Morgan fingerprint density at radius 3 is 2.70 bits per heavy atom. The lowest BCUT2D eigenvalue weighted by molar-refractivity contribution is 0.0984. The van der Waals surface area contributed by atoms with Crippen LogP contribution in [0.3, 0.4) is 0 Å². The quantitative estimate of drug-likeness (QED) is 0.481. The molecule has 2 fully saturated rings. The molecule has 0 bridgehead atoms. The summed E-state index contributed by atoms with van der Waals surface area (Å²) in [6, 6.07) is 6.03. The molecular formula is C23H23F2N3O2. The Morgan fingerprint density at radius 1 is 1.17 bits per heavy atom. The van der Waals surface area contributed by atoms with Gasteiger partial charge in [-0.2, -0.15) is 0 Å². The molecule has 0 saturated heterocycles. The number of ether oxygens (including phenoxy) is 1. The third-order valence-corrected chi connectivity index (χ3v) is 5.98. The molecule has 2 aliphatic rings. The SMILES string of the molecule is O=C(Cc1cn2cc(C3CC3)nc2cc1OCC1CCC1)c1cccc(C(F)F)n1. The second kappa shape index (κ2) is 7.78. The third kappa shape index (κ3) is 3.93. The van der Waals surface area contributed by atoms with Crippen molar-refractivity contribution >= 4 is 11.4 Å². The summed E-state index contributed by atoms with van der Waals surface area (Å²) in [4.78, 5) is 21.4. The molecule has 30 heavy (non-hydrogen) atoms. The van der Waals surface area contributed by atoms with Crippen molar-refractivity contribution in [3.8, 4) is 5.75 Å². The highest BCUT2D eigenvalue weighted by atomic mass is 19.3. The number of aromatic nitrogens is 3. The number of halogens is 2. The van der Waals surface area contributed by atoms with Gasteiger partial charge in [-0.05, 0) is 43.7 Å². The van der Waals surface area contributed by atoms with Crippen molar-refractivity contribution in [2.24, 2.45) is 5.92 Å². The summed E-state index contributed by atoms with van der Waals surface area (Å²) in [5.74, 6) is 1.40. The predicted octanol–water partition coefficient (Wildman–Crippen LogP) is 5.15. The van der Waals surface area contributed by atoms with Crippen molar-refractivity contribution in [1.29, 1.82) is 0 Å². The minimum Gasteiger partial charge on any atom is -0.493 e. The van der Waals surface area contributed by atoms with E-state index in [1.54, 1.807) is 0 Å². The zero-order valence-electron chi connectivity index (χ0n) is 16.6. The largest absolute Gasteiger partial charge is 0.493 e. The number of fused-ring (bicyclic) bond motifs is 1. The lowest BCUT2D eigenvalue weighted by Gasteiger charge is -2.25. The molecule has 3 aromatic heterocycles. The fourth-order valence-electron chi connectivity index (χ4n) is 3.78. The van der Waals surface area contributed by atoms with E-state index in [2.05, 4.69) is 4.98 Å². The highest BCUT2D eigenvalue weighted by Crippen LogP contribution is 2.40. The van der Waals surface area contributed by atoms with Crippen molar-refractivity contribution in [2.45, 2.75) is 50.9 Å². The number of imidazole rings is 1. The maximum Gasteiger partial charge on any atom is 0.280 e. The zero-order valence-corrected chi connectivity index (χ0v) is 16.6. The zero-order chi connectivity index (χ0) is 20.7. The molecule has 0 amide bonds. The number of carbonyl (C=O) groups excluding carboxylic acids is 1. The monoisotopic (exact) mass is 411 g/mol. The highest BCUT2D eigenvalue weighted by molar-refractivity contribution is 5.96. The topological polar surface area (TPSA) is 56.5 Å². The summed E-state index contributed by atoms with van der Waals surface area (Å²) >= 11 is 0. The molecular weight excluding hydrogens is 388 g/mol. The van der Waals surface area contributed by atoms with Crippen LogP contribution in [0.1, 0.15) is 71.9 Å². The molecule has 2 saturated carbocycles. The summed E-state index contributed by atoms with van der Waals surface area (Å²) < 4.78 is 33.9. The first-order valence-corrected chi connectivity index (χ1v) is 10.5. The molecule has 0 aromatic carbocycles. The van der Waals surface area contributed by atoms with Gasteiger partial charge in [0.2, 0.25) is 0 Å². The molecule has 5 rings (SSSR count). The number of alkyl halides is 2. The smallest absolute Gasteiger partial charge is 0.280 e. The average molecular weight is 411 g/mol. The maximum atomic E-state index is 13.0. The molecule has 5 nitrogen and oxygen atoms in total. The number of ketones is 1. The van der Waals surface area contributed by atoms with E-state index in [-0.39, 0.29) is 23.6 Å². The van der Waals surface area contributed by atoms with E-state index in [0.29, 0.717) is 24.2 Å². The molecule has 2 aliphatic carbocycles. The lowest BCUT2D eigenvalue weighted by Crippen LogP contribution is -2.20. The molecule has 0 N–H and O–H groups in total. The predicted molar refractivity (Wildman–Crippen MR) is 107 cm³/mol. The molecule has 0 radical (unpaired) electrons. The number of nitrogens with zero attached hydrogens (tertiary/aromatic N) is 3. The van der Waals surface area contributed by atoms with E-state index in [4.69, 9.17) is 9.72 Å². The molecule has 0 atom stereocenters. The first-order valence-electron chi connectivity index (χ1n) is 10.5. The van der Waals surface area contributed by atoms with Crippen molar-refractivity contribution in [3.05, 3.63) is 59.3 Å². The molecule has 3 aromatic rings. The Labute approximate surface area is 173 Å². The van der Waals surface area contributed by atoms with Crippen LogP contribution in [-0.4, -0.2) is 26.8 Å². The number of carbonyl (C=O) groups is 1. The summed E-state index contributed by atoms with van der Waals surface area (Å²) in [7, 11) is 0. The van der Waals surface area contributed by atoms with Gasteiger partial charge >= 0.3 is 0 Å². The van der Waals surface area contributed by atoms with Gasteiger partial charge in [0.1, 0.15) is 22.8 Å². The van der Waals surface area contributed by atoms with Crippen LogP contribution >= 0.6 is 0 Å². The summed E-state index contributed by atoms with van der Waals surface area (Å²) in [5.41, 5.74) is 2.24. The van der Waals surface area contributed by atoms with Gasteiger partial charge < -0.3 is 9.14 Å². The number of pyridine rings is 2. The fourth-order valence-corrected chi connectivity index (χ4v) is 3.78. The molecule has 3 heterocycles. The number of rotatable bonds is 8. The van der Waals surface area contributed by atoms with Gasteiger partial charge in [0, 0.05) is 36.4 Å². The van der Waals surface area contributed by atoms with Crippen molar-refractivity contribution in [1.82, 2.24) is 14.4 Å². The van der Waals surface area contributed by atoms with Gasteiger partial charge in [-0.15, -0.1) is 0 Å². The molecule has 0 unspecified atom stereocenters. The van der Waals surface area contributed by atoms with Gasteiger partial charge in [0.15, 0.2) is 5.78 Å². The average Bonchev–Trinajstić information content (AvgIpc) is 3.47. The van der Waals surface area contributed by atoms with Crippen LogP contribution in [0, 0.1) is 5.92 Å². The Morgan fingerprint density at radius 2 is 2.00 bits per heavy atom. The lowest BCUT2D eigenvalue weighted by atomic mass is 9.86. The molecule has 7 heteroatoms. The number of hydrogen-bond acceptors (Lipinski definition) is 4. The van der Waals surface area contributed by atoms with Crippen LogP contribution in [0.25, 0.3) is 5.65 Å². The van der Waals surface area contributed by atoms with Crippen molar-refractivity contribution in [3.63, 3.8) is 0 Å². The second-order valence-electron chi connectivity index (χ2n) is 8.32. The summed E-state index contributed by atoms with van der Waals surface area (Å²) in [6.45, 7) is 0.618. The second-order valence-corrected chi connectivity index (χ2v) is 8.32. The number of hydrogen-bond donors (Lipinski definition) is 0. The standard InChI is InChI=1S/C23H23F2N3O2/c24-23(25)18-6-2-5-17(26-18)20(29)9-16-11-28-12-19(15-7-8-15)27-22(28)10-21(16)30-13-14-3-1-4-14/h2,5-6,10-12,14-15,23H,1,3-4,7-9,13H2. The van der Waals surface area contributed by atoms with E-state index < -0.39 is 6.43 Å². The van der Waals surface area contributed by atoms with Crippen LogP contribution in [0.15, 0.2) is 36.7 Å². The molecule has 156 valence electrons. The van der Waals surface area contributed by atoms with Gasteiger partial charge in [0.25, 0.3) is 6.43 Å². The van der Waals surface area contributed by atoms with Crippen molar-refractivity contribution in [2.75, 3.05) is 6.61 Å². The Balaban J connectivity index is 1.44. The summed E-state index contributed by atoms with van der Waals surface area (Å²) in [5, 5.41) is 0. The fraction of sp³-hybridized carbons (Fsp3) is 0.435. The minimum absolute atomic E-state index is 0.0343. The third-order valence-electron chi connectivity index (χ3n) is 5.98. The van der Waals surface area contributed by atoms with E-state index in [1.807, 2.05) is 22.9 Å². The van der Waals surface area contributed by atoms with Gasteiger partial charge in [-0.3, -0.25) is 4.79 Å². The Kier molecular flexibility index (Phi) is 4.97. The maximum absolute atomic E-state index is 13.0. The van der Waals surface area contributed by atoms with E-state index in [0.717, 1.165) is 42.6 Å². The van der Waals surface area contributed by atoms with Crippen LogP contribution < -0.4 is 4.74 Å². The van der Waals surface area contributed by atoms with Crippen LogP contribution in [-0.2, 0) is 6.42 Å². The van der Waals surface area contributed by atoms with E-state index in [1.165, 1.54) is 24.6 Å². The molecule has 0 spiro atoms. The first-order chi connectivity index (χ1) is 14.6. The van der Waals surface area contributed by atoms with Gasteiger partial charge in [-0.25, -0.2) is 18.7 Å². The van der Waals surface area contributed by atoms with Gasteiger partial charge in [0.05, 0.1) is 12.3 Å². The Bertz CT molecular complexity index is 1090. The number of Topliss-reactive ketones (excluding diaryl/α,β-unsaturated/α-hetero) is 1. The highest BCUT2D eigenvalue weighted by Gasteiger charge is 2.27. The van der Waals surface area contributed by atoms with E-state index in [9.17, 15) is 13.6 Å².